The number of unbranched alkanes of at least 4 members (excludes halogenated alkanes) is 4. The molecule has 0 aromatic heterocycles. The highest BCUT2D eigenvalue weighted by Gasteiger charge is 1.98. The van der Waals surface area contributed by atoms with Crippen LogP contribution in [0.4, 0.5) is 0 Å². The van der Waals surface area contributed by atoms with Gasteiger partial charge in [-0.1, -0.05) is 69.4 Å². The SMILES string of the molecule is CCCCCCC#CC(C)Cc1ccccc1. The Morgan fingerprint density at radius 3 is 2.53 bits per heavy atom. The Balaban J connectivity index is 2.20. The highest BCUT2D eigenvalue weighted by Crippen LogP contribution is 2.07. The van der Waals surface area contributed by atoms with Gasteiger partial charge < -0.3 is 0 Å². The first kappa shape index (κ1) is 13.8. The zero-order chi connectivity index (χ0) is 12.3. The van der Waals surface area contributed by atoms with Crippen LogP contribution in [-0.4, -0.2) is 0 Å². The lowest BCUT2D eigenvalue weighted by Gasteiger charge is -2.03. The summed E-state index contributed by atoms with van der Waals surface area (Å²) >= 11 is 0. The standard InChI is InChI=1S/C17H24/c1-3-4-5-6-7-9-12-16(2)15-17-13-10-8-11-14-17/h8,10-11,13-14,16H,3-7,15H2,1-2H3. The van der Waals surface area contributed by atoms with Gasteiger partial charge in [-0.2, -0.15) is 0 Å². The molecule has 1 rings (SSSR count). The summed E-state index contributed by atoms with van der Waals surface area (Å²) in [6.07, 6.45) is 7.39. The average molecular weight is 228 g/mol. The van der Waals surface area contributed by atoms with E-state index in [1.54, 1.807) is 0 Å². The predicted molar refractivity (Wildman–Crippen MR) is 75.8 cm³/mol. The van der Waals surface area contributed by atoms with Crippen LogP contribution >= 0.6 is 0 Å². The van der Waals surface area contributed by atoms with E-state index in [1.165, 1.54) is 31.2 Å². The molecule has 1 atom stereocenters. The zero-order valence-electron chi connectivity index (χ0n) is 11.2. The van der Waals surface area contributed by atoms with Crippen LogP contribution in [0.1, 0.15) is 51.5 Å². The van der Waals surface area contributed by atoms with Crippen LogP contribution in [0.15, 0.2) is 30.3 Å². The largest absolute Gasteiger partial charge is 0.103 e. The first-order valence-electron chi connectivity index (χ1n) is 6.85. The van der Waals surface area contributed by atoms with E-state index in [1.807, 2.05) is 0 Å². The van der Waals surface area contributed by atoms with Gasteiger partial charge in [-0.05, 0) is 18.4 Å². The summed E-state index contributed by atoms with van der Waals surface area (Å²) in [5.74, 6) is 7.15. The second-order valence-electron chi connectivity index (χ2n) is 4.72. The molecule has 0 bridgehead atoms. The fourth-order valence-electron chi connectivity index (χ4n) is 1.91. The van der Waals surface area contributed by atoms with Crippen molar-refractivity contribution in [2.24, 2.45) is 5.92 Å². The van der Waals surface area contributed by atoms with Crippen LogP contribution in [0.3, 0.4) is 0 Å². The van der Waals surface area contributed by atoms with Gasteiger partial charge in [0.2, 0.25) is 0 Å². The molecule has 0 aliphatic carbocycles. The van der Waals surface area contributed by atoms with Gasteiger partial charge in [0.05, 0.1) is 0 Å². The smallest absolute Gasteiger partial charge is 0.0214 e. The number of hydrogen-bond acceptors (Lipinski definition) is 0. The van der Waals surface area contributed by atoms with Crippen LogP contribution in [0.2, 0.25) is 0 Å². The van der Waals surface area contributed by atoms with E-state index in [2.05, 4.69) is 56.0 Å². The molecule has 0 amide bonds. The molecule has 0 aliphatic rings. The topological polar surface area (TPSA) is 0 Å². The molecule has 17 heavy (non-hydrogen) atoms. The molecule has 0 saturated heterocycles. The minimum Gasteiger partial charge on any atom is -0.103 e. The second kappa shape index (κ2) is 8.88. The minimum atomic E-state index is 0.476. The van der Waals surface area contributed by atoms with E-state index in [4.69, 9.17) is 0 Å². The molecule has 0 fully saturated rings. The highest BCUT2D eigenvalue weighted by atomic mass is 14.0. The van der Waals surface area contributed by atoms with Gasteiger partial charge in [0.25, 0.3) is 0 Å². The van der Waals surface area contributed by atoms with Crippen molar-refractivity contribution in [1.29, 1.82) is 0 Å². The molecule has 1 aromatic carbocycles. The van der Waals surface area contributed by atoms with E-state index in [-0.39, 0.29) is 0 Å². The van der Waals surface area contributed by atoms with Crippen LogP contribution in [-0.2, 0) is 6.42 Å². The van der Waals surface area contributed by atoms with Crippen LogP contribution in [0.25, 0.3) is 0 Å². The number of hydrogen-bond donors (Lipinski definition) is 0. The van der Waals surface area contributed by atoms with E-state index < -0.39 is 0 Å². The second-order valence-corrected chi connectivity index (χ2v) is 4.72. The minimum absolute atomic E-state index is 0.476. The number of benzene rings is 1. The Morgan fingerprint density at radius 1 is 1.06 bits per heavy atom. The van der Waals surface area contributed by atoms with Gasteiger partial charge in [-0.3, -0.25) is 0 Å². The van der Waals surface area contributed by atoms with Crippen LogP contribution < -0.4 is 0 Å². The van der Waals surface area contributed by atoms with E-state index in [0.717, 1.165) is 12.8 Å². The van der Waals surface area contributed by atoms with E-state index >= 15 is 0 Å². The molecular formula is C17H24. The third kappa shape index (κ3) is 6.84. The lowest BCUT2D eigenvalue weighted by atomic mass is 10.0. The maximum atomic E-state index is 3.36. The Hall–Kier alpha value is -1.22. The summed E-state index contributed by atoms with van der Waals surface area (Å²) in [4.78, 5) is 0. The van der Waals surface area contributed by atoms with Crippen molar-refractivity contribution < 1.29 is 0 Å². The number of rotatable bonds is 6. The van der Waals surface area contributed by atoms with Crippen LogP contribution in [0, 0.1) is 17.8 Å². The lowest BCUT2D eigenvalue weighted by Crippen LogP contribution is -1.95. The maximum Gasteiger partial charge on any atom is 0.0214 e. The molecule has 0 aliphatic heterocycles. The third-order valence-electron chi connectivity index (χ3n) is 2.89. The summed E-state index contributed by atoms with van der Waals surface area (Å²) in [5, 5.41) is 0. The van der Waals surface area contributed by atoms with Crippen molar-refractivity contribution >= 4 is 0 Å². The molecule has 0 N–H and O–H groups in total. The molecule has 0 nitrogen and oxygen atoms in total. The Bertz CT molecular complexity index is 339. The van der Waals surface area contributed by atoms with Gasteiger partial charge in [0.1, 0.15) is 0 Å². The van der Waals surface area contributed by atoms with E-state index in [9.17, 15) is 0 Å². The summed E-state index contributed by atoms with van der Waals surface area (Å²) in [6, 6.07) is 10.6. The zero-order valence-corrected chi connectivity index (χ0v) is 11.2. The fourth-order valence-corrected chi connectivity index (χ4v) is 1.91. The van der Waals surface area contributed by atoms with Crippen molar-refractivity contribution in [3.63, 3.8) is 0 Å². The van der Waals surface area contributed by atoms with Crippen molar-refractivity contribution in [3.05, 3.63) is 35.9 Å². The Labute approximate surface area is 106 Å². The lowest BCUT2D eigenvalue weighted by molar-refractivity contribution is 0.678. The van der Waals surface area contributed by atoms with Crippen molar-refractivity contribution in [3.8, 4) is 11.8 Å². The summed E-state index contributed by atoms with van der Waals surface area (Å²) in [5.41, 5.74) is 1.39. The quantitative estimate of drug-likeness (QED) is 0.483. The van der Waals surface area contributed by atoms with Crippen molar-refractivity contribution in [1.82, 2.24) is 0 Å². The molecule has 92 valence electrons. The van der Waals surface area contributed by atoms with Gasteiger partial charge in [-0.25, -0.2) is 0 Å². The molecular weight excluding hydrogens is 204 g/mol. The third-order valence-corrected chi connectivity index (χ3v) is 2.89. The molecule has 0 radical (unpaired) electrons. The highest BCUT2D eigenvalue weighted by molar-refractivity contribution is 5.17. The molecule has 1 aromatic rings. The van der Waals surface area contributed by atoms with E-state index in [0.29, 0.717) is 5.92 Å². The Morgan fingerprint density at radius 2 is 1.82 bits per heavy atom. The fraction of sp³-hybridized carbons (Fsp3) is 0.529. The molecule has 0 saturated carbocycles. The van der Waals surface area contributed by atoms with Gasteiger partial charge in [0.15, 0.2) is 0 Å². The van der Waals surface area contributed by atoms with Crippen molar-refractivity contribution in [2.75, 3.05) is 0 Å². The summed E-state index contributed by atoms with van der Waals surface area (Å²) < 4.78 is 0. The first-order valence-corrected chi connectivity index (χ1v) is 6.85. The van der Waals surface area contributed by atoms with Gasteiger partial charge >= 0.3 is 0 Å². The molecule has 1 unspecified atom stereocenters. The van der Waals surface area contributed by atoms with Gasteiger partial charge in [0, 0.05) is 12.3 Å². The van der Waals surface area contributed by atoms with Crippen LogP contribution in [0.5, 0.6) is 0 Å². The molecule has 0 heteroatoms. The summed E-state index contributed by atoms with van der Waals surface area (Å²) in [7, 11) is 0. The first-order chi connectivity index (χ1) is 8.33. The Kier molecular flexibility index (Phi) is 7.23. The maximum absolute atomic E-state index is 3.36. The summed E-state index contributed by atoms with van der Waals surface area (Å²) in [6.45, 7) is 4.46. The van der Waals surface area contributed by atoms with Crippen molar-refractivity contribution in [2.45, 2.75) is 52.4 Å². The average Bonchev–Trinajstić information content (AvgIpc) is 2.35. The monoisotopic (exact) mass is 228 g/mol. The van der Waals surface area contributed by atoms with Gasteiger partial charge in [-0.15, -0.1) is 5.92 Å². The normalized spacial score (nSPS) is 11.6. The predicted octanol–water partition coefficient (Wildman–Crippen LogP) is 4.84. The molecule has 0 heterocycles. The molecule has 0 spiro atoms.